The number of hydrogen-bond acceptors (Lipinski definition) is 2. The number of benzene rings is 1. The van der Waals surface area contributed by atoms with Gasteiger partial charge in [0.2, 0.25) is 0 Å². The minimum Gasteiger partial charge on any atom is -0.372 e. The summed E-state index contributed by atoms with van der Waals surface area (Å²) in [6.45, 7) is 4.80. The van der Waals surface area contributed by atoms with Crippen LogP contribution < -0.4 is 4.90 Å². The Morgan fingerprint density at radius 2 is 1.73 bits per heavy atom. The number of nitrogens with zero attached hydrogens (tertiary/aromatic N) is 1. The summed E-state index contributed by atoms with van der Waals surface area (Å²) in [6, 6.07) is 8.94. The first-order valence-electron chi connectivity index (χ1n) is 5.68. The van der Waals surface area contributed by atoms with E-state index in [1.165, 1.54) is 36.5 Å². The van der Waals surface area contributed by atoms with E-state index in [0.29, 0.717) is 0 Å². The van der Waals surface area contributed by atoms with Crippen molar-refractivity contribution in [3.05, 3.63) is 24.3 Å². The predicted octanol–water partition coefficient (Wildman–Crippen LogP) is 3.64. The van der Waals surface area contributed by atoms with E-state index in [1.54, 1.807) is 11.8 Å². The van der Waals surface area contributed by atoms with E-state index in [1.807, 2.05) is 0 Å². The van der Waals surface area contributed by atoms with Crippen LogP contribution in [0.5, 0.6) is 0 Å². The molecule has 0 bridgehead atoms. The summed E-state index contributed by atoms with van der Waals surface area (Å²) >= 11 is 1.81. The van der Waals surface area contributed by atoms with Crippen LogP contribution >= 0.6 is 11.8 Å². The van der Waals surface area contributed by atoms with E-state index in [0.717, 1.165) is 5.92 Å². The first-order valence-corrected chi connectivity index (χ1v) is 6.91. The molecule has 0 atom stereocenters. The third-order valence-electron chi connectivity index (χ3n) is 3.22. The van der Waals surface area contributed by atoms with Gasteiger partial charge in [-0.3, -0.25) is 0 Å². The Bertz CT molecular complexity index is 299. The molecule has 82 valence electrons. The summed E-state index contributed by atoms with van der Waals surface area (Å²) in [5.41, 5.74) is 1.39. The molecule has 0 aromatic heterocycles. The predicted molar refractivity (Wildman–Crippen MR) is 68.8 cm³/mol. The number of thioether (sulfide) groups is 1. The fourth-order valence-corrected chi connectivity index (χ4v) is 2.47. The molecule has 0 spiro atoms. The molecule has 1 aliphatic rings. The SMILES string of the molecule is CSc1ccc(N2CCC(C)CC2)cc1. The van der Waals surface area contributed by atoms with Crippen LogP contribution in [0.25, 0.3) is 0 Å². The summed E-state index contributed by atoms with van der Waals surface area (Å²) in [5.74, 6) is 0.909. The fraction of sp³-hybridized carbons (Fsp3) is 0.538. The van der Waals surface area contributed by atoms with Gasteiger partial charge in [0.25, 0.3) is 0 Å². The largest absolute Gasteiger partial charge is 0.372 e. The van der Waals surface area contributed by atoms with Crippen LogP contribution in [0.15, 0.2) is 29.2 Å². The van der Waals surface area contributed by atoms with E-state index in [4.69, 9.17) is 0 Å². The molecule has 0 N–H and O–H groups in total. The van der Waals surface area contributed by atoms with Crippen LogP contribution in [-0.2, 0) is 0 Å². The topological polar surface area (TPSA) is 3.24 Å². The van der Waals surface area contributed by atoms with Crippen molar-refractivity contribution in [3.63, 3.8) is 0 Å². The van der Waals surface area contributed by atoms with Crippen molar-refractivity contribution < 1.29 is 0 Å². The maximum atomic E-state index is 2.50. The minimum absolute atomic E-state index is 0.909. The van der Waals surface area contributed by atoms with Gasteiger partial charge in [0.1, 0.15) is 0 Å². The van der Waals surface area contributed by atoms with Gasteiger partial charge in [-0.1, -0.05) is 6.92 Å². The van der Waals surface area contributed by atoms with Gasteiger partial charge in [-0.15, -0.1) is 11.8 Å². The molecular formula is C13H19NS. The van der Waals surface area contributed by atoms with Crippen molar-refractivity contribution in [2.45, 2.75) is 24.7 Å². The molecule has 0 saturated carbocycles. The second-order valence-electron chi connectivity index (χ2n) is 4.37. The zero-order chi connectivity index (χ0) is 10.7. The molecular weight excluding hydrogens is 202 g/mol. The van der Waals surface area contributed by atoms with Gasteiger partial charge in [-0.05, 0) is 49.3 Å². The smallest absolute Gasteiger partial charge is 0.0366 e. The fourth-order valence-electron chi connectivity index (χ4n) is 2.06. The van der Waals surface area contributed by atoms with Crippen LogP contribution in [0.2, 0.25) is 0 Å². The summed E-state index contributed by atoms with van der Waals surface area (Å²) in [4.78, 5) is 3.86. The van der Waals surface area contributed by atoms with E-state index >= 15 is 0 Å². The van der Waals surface area contributed by atoms with Crippen molar-refractivity contribution in [1.29, 1.82) is 0 Å². The van der Waals surface area contributed by atoms with Crippen LogP contribution in [0, 0.1) is 5.92 Å². The molecule has 1 saturated heterocycles. The summed E-state index contributed by atoms with van der Waals surface area (Å²) in [5, 5.41) is 0. The molecule has 0 aliphatic carbocycles. The summed E-state index contributed by atoms with van der Waals surface area (Å²) in [7, 11) is 0. The normalized spacial score (nSPS) is 18.1. The van der Waals surface area contributed by atoms with Gasteiger partial charge in [0.15, 0.2) is 0 Å². The second-order valence-corrected chi connectivity index (χ2v) is 5.25. The first-order chi connectivity index (χ1) is 7.29. The third-order valence-corrected chi connectivity index (χ3v) is 3.96. The number of piperidine rings is 1. The monoisotopic (exact) mass is 221 g/mol. The number of rotatable bonds is 2. The lowest BCUT2D eigenvalue weighted by atomic mass is 9.99. The quantitative estimate of drug-likeness (QED) is 0.701. The second kappa shape index (κ2) is 4.93. The highest BCUT2D eigenvalue weighted by Gasteiger charge is 2.15. The maximum absolute atomic E-state index is 2.50. The van der Waals surface area contributed by atoms with Crippen LogP contribution in [0.1, 0.15) is 19.8 Å². The highest BCUT2D eigenvalue weighted by atomic mass is 32.2. The third kappa shape index (κ3) is 2.69. The van der Waals surface area contributed by atoms with Crippen molar-refractivity contribution in [3.8, 4) is 0 Å². The molecule has 1 nitrogen and oxygen atoms in total. The van der Waals surface area contributed by atoms with E-state index < -0.39 is 0 Å². The average Bonchev–Trinajstić information content (AvgIpc) is 2.30. The van der Waals surface area contributed by atoms with E-state index in [2.05, 4.69) is 42.3 Å². The van der Waals surface area contributed by atoms with Crippen molar-refractivity contribution >= 4 is 17.4 Å². The lowest BCUT2D eigenvalue weighted by molar-refractivity contribution is 0.438. The highest BCUT2D eigenvalue weighted by Crippen LogP contribution is 2.24. The summed E-state index contributed by atoms with van der Waals surface area (Å²) < 4.78 is 0. The van der Waals surface area contributed by atoms with Gasteiger partial charge >= 0.3 is 0 Å². The molecule has 15 heavy (non-hydrogen) atoms. The zero-order valence-electron chi connectivity index (χ0n) is 9.57. The zero-order valence-corrected chi connectivity index (χ0v) is 10.4. The Morgan fingerprint density at radius 3 is 2.27 bits per heavy atom. The Balaban J connectivity index is 2.03. The lowest BCUT2D eigenvalue weighted by Crippen LogP contribution is -2.32. The van der Waals surface area contributed by atoms with Crippen LogP contribution in [-0.4, -0.2) is 19.3 Å². The lowest BCUT2D eigenvalue weighted by Gasteiger charge is -2.32. The Labute approximate surface area is 96.9 Å². The molecule has 0 amide bonds. The van der Waals surface area contributed by atoms with Crippen molar-refractivity contribution in [2.24, 2.45) is 5.92 Å². The molecule has 1 aromatic rings. The highest BCUT2D eigenvalue weighted by molar-refractivity contribution is 7.98. The molecule has 0 unspecified atom stereocenters. The number of hydrogen-bond donors (Lipinski definition) is 0. The van der Waals surface area contributed by atoms with Gasteiger partial charge in [-0.2, -0.15) is 0 Å². The Morgan fingerprint density at radius 1 is 1.13 bits per heavy atom. The van der Waals surface area contributed by atoms with Crippen LogP contribution in [0.3, 0.4) is 0 Å². The van der Waals surface area contributed by atoms with Gasteiger partial charge < -0.3 is 4.90 Å². The van der Waals surface area contributed by atoms with Crippen LogP contribution in [0.4, 0.5) is 5.69 Å². The van der Waals surface area contributed by atoms with E-state index in [-0.39, 0.29) is 0 Å². The first kappa shape index (κ1) is 10.9. The minimum atomic E-state index is 0.909. The Kier molecular flexibility index (Phi) is 3.57. The van der Waals surface area contributed by atoms with E-state index in [9.17, 15) is 0 Å². The van der Waals surface area contributed by atoms with Gasteiger partial charge in [0.05, 0.1) is 0 Å². The molecule has 2 heteroatoms. The molecule has 1 fully saturated rings. The Hall–Kier alpha value is -0.630. The maximum Gasteiger partial charge on any atom is 0.0366 e. The molecule has 2 rings (SSSR count). The standard InChI is InChI=1S/C13H19NS/c1-11-7-9-14(10-8-11)12-3-5-13(15-2)6-4-12/h3-6,11H,7-10H2,1-2H3. The molecule has 1 aromatic carbocycles. The number of anilines is 1. The molecule has 0 radical (unpaired) electrons. The van der Waals surface area contributed by atoms with Gasteiger partial charge in [-0.25, -0.2) is 0 Å². The summed E-state index contributed by atoms with van der Waals surface area (Å²) in [6.07, 6.45) is 4.80. The van der Waals surface area contributed by atoms with Crippen molar-refractivity contribution in [1.82, 2.24) is 0 Å². The van der Waals surface area contributed by atoms with Gasteiger partial charge in [0, 0.05) is 23.7 Å². The average molecular weight is 221 g/mol. The molecule has 1 aliphatic heterocycles. The van der Waals surface area contributed by atoms with Crippen molar-refractivity contribution in [2.75, 3.05) is 24.2 Å². The molecule has 1 heterocycles.